The van der Waals surface area contributed by atoms with E-state index >= 15 is 0 Å². The van der Waals surface area contributed by atoms with Gasteiger partial charge in [-0.15, -0.1) is 0 Å². The second kappa shape index (κ2) is 6.38. The van der Waals surface area contributed by atoms with Crippen LogP contribution in [-0.2, 0) is 16.6 Å². The van der Waals surface area contributed by atoms with Gasteiger partial charge in [0.1, 0.15) is 5.69 Å². The molecule has 0 unspecified atom stereocenters. The van der Waals surface area contributed by atoms with Gasteiger partial charge in [0.15, 0.2) is 0 Å². The van der Waals surface area contributed by atoms with Crippen molar-refractivity contribution in [1.82, 2.24) is 19.6 Å². The molecule has 2 heterocycles. The molecule has 2 aromatic rings. The molecule has 1 aliphatic rings. The molecule has 1 aromatic heterocycles. The van der Waals surface area contributed by atoms with Crippen molar-refractivity contribution in [1.29, 1.82) is 0 Å². The van der Waals surface area contributed by atoms with Gasteiger partial charge in [-0.3, -0.25) is 9.69 Å². The molecular weight excluding hydrogens is 316 g/mol. The molecule has 1 atom stereocenters. The van der Waals surface area contributed by atoms with Crippen molar-refractivity contribution in [3.63, 3.8) is 0 Å². The Morgan fingerprint density at radius 3 is 2.96 bits per heavy atom. The van der Waals surface area contributed by atoms with Gasteiger partial charge in [0.05, 0.1) is 17.3 Å². The van der Waals surface area contributed by atoms with Crippen LogP contribution in [0.5, 0.6) is 0 Å². The number of likely N-dealkylation sites (tertiary alicyclic amines) is 1. The summed E-state index contributed by atoms with van der Waals surface area (Å²) < 4.78 is 25.4. The van der Waals surface area contributed by atoms with E-state index in [4.69, 9.17) is 0 Å². The zero-order valence-electron chi connectivity index (χ0n) is 12.9. The van der Waals surface area contributed by atoms with Crippen LogP contribution in [0, 0.1) is 0 Å². The summed E-state index contributed by atoms with van der Waals surface area (Å²) in [5.41, 5.74) is 1.74. The molecule has 23 heavy (non-hydrogen) atoms. The highest BCUT2D eigenvalue weighted by molar-refractivity contribution is 7.88. The molecule has 1 fully saturated rings. The summed E-state index contributed by atoms with van der Waals surface area (Å²) in [6.45, 7) is 1.83. The van der Waals surface area contributed by atoms with E-state index < -0.39 is 10.0 Å². The van der Waals surface area contributed by atoms with Crippen LogP contribution in [0.2, 0.25) is 0 Å². The van der Waals surface area contributed by atoms with Crippen molar-refractivity contribution in [3.8, 4) is 0 Å². The van der Waals surface area contributed by atoms with Crippen molar-refractivity contribution < 1.29 is 8.42 Å². The Morgan fingerprint density at radius 1 is 1.39 bits per heavy atom. The molecule has 3 rings (SSSR count). The van der Waals surface area contributed by atoms with Crippen molar-refractivity contribution in [2.24, 2.45) is 0 Å². The number of fused-ring (bicyclic) bond motifs is 1. The number of hydrogen-bond acceptors (Lipinski definition) is 5. The van der Waals surface area contributed by atoms with Gasteiger partial charge in [0, 0.05) is 19.1 Å². The van der Waals surface area contributed by atoms with Crippen molar-refractivity contribution in [3.05, 3.63) is 40.3 Å². The van der Waals surface area contributed by atoms with E-state index in [1.165, 1.54) is 6.26 Å². The Hall–Kier alpha value is -1.77. The molecule has 0 spiro atoms. The highest BCUT2D eigenvalue weighted by Crippen LogP contribution is 2.13. The number of benzene rings is 1. The van der Waals surface area contributed by atoms with Crippen LogP contribution in [0.3, 0.4) is 0 Å². The Balaban J connectivity index is 1.76. The molecule has 2 N–H and O–H groups in total. The second-order valence-corrected chi connectivity index (χ2v) is 7.77. The maximum Gasteiger partial charge on any atom is 0.271 e. The number of piperidine rings is 1. The minimum absolute atomic E-state index is 0.113. The number of rotatable bonds is 4. The summed E-state index contributed by atoms with van der Waals surface area (Å²) in [5, 5.41) is 0. The predicted molar refractivity (Wildman–Crippen MR) is 88.6 cm³/mol. The largest absolute Gasteiger partial charge is 0.319 e. The number of aromatic nitrogens is 2. The molecule has 0 amide bonds. The first-order valence-corrected chi connectivity index (χ1v) is 9.47. The van der Waals surface area contributed by atoms with Gasteiger partial charge in [0.25, 0.3) is 5.56 Å². The molecule has 0 saturated carbocycles. The van der Waals surface area contributed by atoms with Gasteiger partial charge in [-0.25, -0.2) is 18.1 Å². The van der Waals surface area contributed by atoms with Gasteiger partial charge in [-0.2, -0.15) is 0 Å². The third kappa shape index (κ3) is 4.15. The van der Waals surface area contributed by atoms with Crippen LogP contribution in [0.25, 0.3) is 11.0 Å². The molecule has 1 aromatic carbocycles. The number of H-pyrrole nitrogens is 1. The lowest BCUT2D eigenvalue weighted by atomic mass is 10.1. The number of hydrogen-bond donors (Lipinski definition) is 2. The van der Waals surface area contributed by atoms with Gasteiger partial charge in [-0.05, 0) is 31.5 Å². The molecular formula is C15H20N4O3S. The van der Waals surface area contributed by atoms with Crippen LogP contribution in [0.15, 0.2) is 29.1 Å². The Labute approximate surface area is 134 Å². The van der Waals surface area contributed by atoms with Gasteiger partial charge < -0.3 is 4.98 Å². The lowest BCUT2D eigenvalue weighted by Gasteiger charge is -2.32. The average molecular weight is 336 g/mol. The third-order valence-corrected chi connectivity index (χ3v) is 4.69. The normalized spacial score (nSPS) is 20.0. The molecule has 0 radical (unpaired) electrons. The molecule has 1 saturated heterocycles. The number of para-hydroxylation sites is 2. The maximum absolute atomic E-state index is 12.2. The fraction of sp³-hybridized carbons (Fsp3) is 0.467. The highest BCUT2D eigenvalue weighted by atomic mass is 32.2. The number of nitrogens with zero attached hydrogens (tertiary/aromatic N) is 2. The quantitative estimate of drug-likeness (QED) is 0.844. The summed E-state index contributed by atoms with van der Waals surface area (Å²) in [7, 11) is -3.22. The van der Waals surface area contributed by atoms with Crippen LogP contribution in [-0.4, -0.2) is 48.7 Å². The second-order valence-electron chi connectivity index (χ2n) is 5.99. The van der Waals surface area contributed by atoms with Crippen LogP contribution < -0.4 is 10.3 Å². The molecule has 0 aliphatic carbocycles. The minimum Gasteiger partial charge on any atom is -0.319 e. The summed E-state index contributed by atoms with van der Waals surface area (Å²) in [4.78, 5) is 21.5. The van der Waals surface area contributed by atoms with Gasteiger partial charge in [-0.1, -0.05) is 12.1 Å². The molecule has 0 bridgehead atoms. The lowest BCUT2D eigenvalue weighted by molar-refractivity contribution is 0.192. The fourth-order valence-electron chi connectivity index (χ4n) is 2.98. The highest BCUT2D eigenvalue weighted by Gasteiger charge is 2.23. The lowest BCUT2D eigenvalue weighted by Crippen LogP contribution is -2.47. The van der Waals surface area contributed by atoms with E-state index in [0.29, 0.717) is 18.8 Å². The summed E-state index contributed by atoms with van der Waals surface area (Å²) in [5.74, 6) is 0. The van der Waals surface area contributed by atoms with E-state index in [0.717, 1.165) is 30.4 Å². The fourth-order valence-corrected chi connectivity index (χ4v) is 3.78. The average Bonchev–Trinajstić information content (AvgIpc) is 2.46. The van der Waals surface area contributed by atoms with Crippen LogP contribution in [0.4, 0.5) is 0 Å². The first kappa shape index (κ1) is 16.1. The molecule has 7 nitrogen and oxygen atoms in total. The van der Waals surface area contributed by atoms with Crippen LogP contribution in [0.1, 0.15) is 18.5 Å². The van der Waals surface area contributed by atoms with Gasteiger partial charge >= 0.3 is 0 Å². The third-order valence-electron chi connectivity index (χ3n) is 3.93. The van der Waals surface area contributed by atoms with E-state index in [-0.39, 0.29) is 11.6 Å². The number of nitrogens with one attached hydrogen (secondary N) is 2. The topological polar surface area (TPSA) is 95.2 Å². The van der Waals surface area contributed by atoms with Crippen molar-refractivity contribution in [2.45, 2.75) is 25.4 Å². The SMILES string of the molecule is CS(=O)(=O)N[C@H]1CCCN(Cc2nc3ccccc3[nH]c2=O)C1. The summed E-state index contributed by atoms with van der Waals surface area (Å²) in [6, 6.07) is 7.30. The van der Waals surface area contributed by atoms with Crippen molar-refractivity contribution >= 4 is 21.1 Å². The first-order chi connectivity index (χ1) is 10.9. The summed E-state index contributed by atoms with van der Waals surface area (Å²) in [6.07, 6.45) is 2.87. The molecule has 1 aliphatic heterocycles. The van der Waals surface area contributed by atoms with E-state index in [1.54, 1.807) is 0 Å². The van der Waals surface area contributed by atoms with E-state index in [9.17, 15) is 13.2 Å². The monoisotopic (exact) mass is 336 g/mol. The predicted octanol–water partition coefficient (Wildman–Crippen LogP) is 0.437. The first-order valence-electron chi connectivity index (χ1n) is 7.58. The number of aromatic amines is 1. The van der Waals surface area contributed by atoms with E-state index in [1.807, 2.05) is 24.3 Å². The van der Waals surface area contributed by atoms with Gasteiger partial charge in [0.2, 0.25) is 10.0 Å². The molecule has 124 valence electrons. The Kier molecular flexibility index (Phi) is 4.47. The maximum atomic E-state index is 12.2. The van der Waals surface area contributed by atoms with Crippen molar-refractivity contribution in [2.75, 3.05) is 19.3 Å². The Bertz CT molecular complexity index is 862. The smallest absolute Gasteiger partial charge is 0.271 e. The zero-order valence-corrected chi connectivity index (χ0v) is 13.8. The van der Waals surface area contributed by atoms with E-state index in [2.05, 4.69) is 19.6 Å². The van der Waals surface area contributed by atoms with Crippen LogP contribution >= 0.6 is 0 Å². The number of sulfonamides is 1. The Morgan fingerprint density at radius 2 is 2.17 bits per heavy atom. The molecule has 8 heteroatoms. The summed E-state index contributed by atoms with van der Waals surface area (Å²) >= 11 is 0. The zero-order chi connectivity index (χ0) is 16.4. The minimum atomic E-state index is -3.22. The standard InChI is InChI=1S/C15H20N4O3S/c1-23(21,22)18-11-5-4-8-19(9-11)10-14-15(20)17-13-7-3-2-6-12(13)16-14/h2-3,6-7,11,18H,4-5,8-10H2,1H3,(H,17,20)/t11-/m0/s1.